The first-order valence-electron chi connectivity index (χ1n) is 5.51. The molecule has 16 heavy (non-hydrogen) atoms. The Hall–Kier alpha value is -1.71. The number of carbonyl (C=O) groups excluding carboxylic acids is 1. The minimum atomic E-state index is 0.0309. The number of amides is 1. The van der Waals surface area contributed by atoms with Crippen LogP contribution in [0.3, 0.4) is 0 Å². The molecule has 1 saturated heterocycles. The number of likely N-dealkylation sites (tertiary alicyclic amines) is 1. The van der Waals surface area contributed by atoms with E-state index in [9.17, 15) is 4.79 Å². The van der Waals surface area contributed by atoms with Gasteiger partial charge in [-0.05, 0) is 30.5 Å². The molecule has 0 saturated carbocycles. The monoisotopic (exact) mass is 219 g/mol. The van der Waals surface area contributed by atoms with Crippen LogP contribution in [0.25, 0.3) is 0 Å². The van der Waals surface area contributed by atoms with E-state index in [0.717, 1.165) is 19.5 Å². The lowest BCUT2D eigenvalue weighted by Crippen LogP contribution is -2.28. The van der Waals surface area contributed by atoms with Crippen LogP contribution in [0.5, 0.6) is 0 Å². The van der Waals surface area contributed by atoms with E-state index in [1.54, 1.807) is 18.2 Å². The van der Waals surface area contributed by atoms with Crippen LogP contribution in [-0.2, 0) is 0 Å². The highest BCUT2D eigenvalue weighted by atomic mass is 16.2. The Balaban J connectivity index is 2.20. The fourth-order valence-electron chi connectivity index (χ4n) is 2.10. The first kappa shape index (κ1) is 10.8. The summed E-state index contributed by atoms with van der Waals surface area (Å²) in [5, 5.41) is 0. The van der Waals surface area contributed by atoms with Crippen LogP contribution in [0, 0.1) is 5.92 Å². The molecule has 2 rings (SSSR count). The summed E-state index contributed by atoms with van der Waals surface area (Å²) < 4.78 is 0. The molecule has 1 heterocycles. The fraction of sp³-hybridized carbons (Fsp3) is 0.417. The topological polar surface area (TPSA) is 72.3 Å². The van der Waals surface area contributed by atoms with Crippen molar-refractivity contribution in [3.63, 3.8) is 0 Å². The van der Waals surface area contributed by atoms with Gasteiger partial charge in [0.2, 0.25) is 0 Å². The fourth-order valence-corrected chi connectivity index (χ4v) is 2.10. The second kappa shape index (κ2) is 4.04. The lowest BCUT2D eigenvalue weighted by Gasteiger charge is -2.16. The number of hydrogen-bond donors (Lipinski definition) is 2. The van der Waals surface area contributed by atoms with Crippen molar-refractivity contribution in [1.82, 2.24) is 4.90 Å². The summed E-state index contributed by atoms with van der Waals surface area (Å²) >= 11 is 0. The van der Waals surface area contributed by atoms with Crippen molar-refractivity contribution >= 4 is 17.3 Å². The zero-order valence-corrected chi connectivity index (χ0v) is 9.44. The van der Waals surface area contributed by atoms with Crippen LogP contribution in [0.2, 0.25) is 0 Å². The zero-order chi connectivity index (χ0) is 11.7. The second-order valence-corrected chi connectivity index (χ2v) is 4.53. The van der Waals surface area contributed by atoms with Crippen molar-refractivity contribution in [3.8, 4) is 0 Å². The summed E-state index contributed by atoms with van der Waals surface area (Å²) in [4.78, 5) is 14.0. The van der Waals surface area contributed by atoms with Gasteiger partial charge in [-0.1, -0.05) is 6.92 Å². The van der Waals surface area contributed by atoms with Gasteiger partial charge in [0.1, 0.15) is 0 Å². The van der Waals surface area contributed by atoms with E-state index in [2.05, 4.69) is 6.92 Å². The molecule has 0 aromatic heterocycles. The van der Waals surface area contributed by atoms with E-state index in [-0.39, 0.29) is 5.91 Å². The van der Waals surface area contributed by atoms with E-state index in [1.165, 1.54) is 0 Å². The molecule has 0 spiro atoms. The molecule has 1 aromatic carbocycles. The van der Waals surface area contributed by atoms with Crippen LogP contribution in [-0.4, -0.2) is 23.9 Å². The third kappa shape index (κ3) is 2.10. The number of hydrogen-bond acceptors (Lipinski definition) is 3. The molecular weight excluding hydrogens is 202 g/mol. The third-order valence-corrected chi connectivity index (χ3v) is 2.94. The molecule has 4 N–H and O–H groups in total. The molecule has 1 aromatic rings. The Morgan fingerprint density at radius 1 is 1.31 bits per heavy atom. The van der Waals surface area contributed by atoms with Crippen LogP contribution in [0.4, 0.5) is 11.4 Å². The third-order valence-electron chi connectivity index (χ3n) is 2.94. The van der Waals surface area contributed by atoms with E-state index >= 15 is 0 Å². The number of nitrogens with zero attached hydrogens (tertiary/aromatic N) is 1. The van der Waals surface area contributed by atoms with Crippen LogP contribution in [0.1, 0.15) is 23.7 Å². The first-order chi connectivity index (χ1) is 7.56. The minimum absolute atomic E-state index is 0.0309. The maximum absolute atomic E-state index is 12.1. The van der Waals surface area contributed by atoms with Crippen molar-refractivity contribution in [2.75, 3.05) is 24.6 Å². The molecule has 1 aliphatic rings. The van der Waals surface area contributed by atoms with Crippen molar-refractivity contribution in [1.29, 1.82) is 0 Å². The van der Waals surface area contributed by atoms with Crippen molar-refractivity contribution in [2.45, 2.75) is 13.3 Å². The molecule has 4 heteroatoms. The van der Waals surface area contributed by atoms with E-state index in [4.69, 9.17) is 11.5 Å². The summed E-state index contributed by atoms with van der Waals surface area (Å²) in [6.07, 6.45) is 1.07. The largest absolute Gasteiger partial charge is 0.399 e. The molecule has 4 nitrogen and oxygen atoms in total. The van der Waals surface area contributed by atoms with Gasteiger partial charge in [-0.15, -0.1) is 0 Å². The van der Waals surface area contributed by atoms with Gasteiger partial charge >= 0.3 is 0 Å². The molecule has 1 aliphatic heterocycles. The average Bonchev–Trinajstić information content (AvgIpc) is 2.62. The molecule has 0 bridgehead atoms. The number of rotatable bonds is 1. The van der Waals surface area contributed by atoms with Gasteiger partial charge in [0, 0.05) is 30.0 Å². The standard InChI is InChI=1S/C12H17N3O/c1-8-2-3-15(7-8)12(16)9-4-10(13)6-11(14)5-9/h4-6,8H,2-3,7,13-14H2,1H3. The number of nitrogens with two attached hydrogens (primary N) is 2. The van der Waals surface area contributed by atoms with Gasteiger partial charge in [-0.3, -0.25) is 4.79 Å². The highest BCUT2D eigenvalue weighted by molar-refractivity contribution is 5.96. The van der Waals surface area contributed by atoms with Crippen molar-refractivity contribution < 1.29 is 4.79 Å². The van der Waals surface area contributed by atoms with Crippen molar-refractivity contribution in [3.05, 3.63) is 23.8 Å². The molecule has 86 valence electrons. The number of carbonyl (C=O) groups is 1. The van der Waals surface area contributed by atoms with Crippen LogP contribution in [0.15, 0.2) is 18.2 Å². The van der Waals surface area contributed by atoms with Crippen LogP contribution < -0.4 is 11.5 Å². The Bertz CT molecular complexity index is 396. The highest BCUT2D eigenvalue weighted by Crippen LogP contribution is 2.20. The normalized spacial score (nSPS) is 20.1. The molecule has 0 aliphatic carbocycles. The second-order valence-electron chi connectivity index (χ2n) is 4.53. The SMILES string of the molecule is CC1CCN(C(=O)c2cc(N)cc(N)c2)C1. The van der Waals surface area contributed by atoms with Gasteiger partial charge in [-0.2, -0.15) is 0 Å². The summed E-state index contributed by atoms with van der Waals surface area (Å²) in [7, 11) is 0. The highest BCUT2D eigenvalue weighted by Gasteiger charge is 2.24. The van der Waals surface area contributed by atoms with E-state index < -0.39 is 0 Å². The molecule has 1 atom stereocenters. The zero-order valence-electron chi connectivity index (χ0n) is 9.44. The van der Waals surface area contributed by atoms with Gasteiger partial charge in [-0.25, -0.2) is 0 Å². The summed E-state index contributed by atoms with van der Waals surface area (Å²) in [6.45, 7) is 3.81. The minimum Gasteiger partial charge on any atom is -0.399 e. The predicted octanol–water partition coefficient (Wildman–Crippen LogP) is 1.33. The summed E-state index contributed by atoms with van der Waals surface area (Å²) in [6, 6.07) is 5.02. The predicted molar refractivity (Wildman–Crippen MR) is 65.0 cm³/mol. The quantitative estimate of drug-likeness (QED) is 0.700. The molecule has 0 radical (unpaired) electrons. The van der Waals surface area contributed by atoms with Gasteiger partial charge < -0.3 is 16.4 Å². The number of benzene rings is 1. The molecular formula is C12H17N3O. The van der Waals surface area contributed by atoms with Crippen LogP contribution >= 0.6 is 0 Å². The maximum Gasteiger partial charge on any atom is 0.254 e. The van der Waals surface area contributed by atoms with Gasteiger partial charge in [0.05, 0.1) is 0 Å². The molecule has 1 amide bonds. The Labute approximate surface area is 95.2 Å². The Morgan fingerprint density at radius 3 is 2.44 bits per heavy atom. The number of nitrogen functional groups attached to an aromatic ring is 2. The van der Waals surface area contributed by atoms with Gasteiger partial charge in [0.15, 0.2) is 0 Å². The van der Waals surface area contributed by atoms with E-state index in [1.807, 2.05) is 4.90 Å². The number of anilines is 2. The lowest BCUT2D eigenvalue weighted by molar-refractivity contribution is 0.0788. The smallest absolute Gasteiger partial charge is 0.254 e. The lowest BCUT2D eigenvalue weighted by atomic mass is 10.1. The summed E-state index contributed by atoms with van der Waals surface area (Å²) in [5.41, 5.74) is 13.0. The Kier molecular flexibility index (Phi) is 2.73. The van der Waals surface area contributed by atoms with Gasteiger partial charge in [0.25, 0.3) is 5.91 Å². The average molecular weight is 219 g/mol. The van der Waals surface area contributed by atoms with Crippen molar-refractivity contribution in [2.24, 2.45) is 5.92 Å². The summed E-state index contributed by atoms with van der Waals surface area (Å²) in [5.74, 6) is 0.616. The first-order valence-corrected chi connectivity index (χ1v) is 5.51. The Morgan fingerprint density at radius 2 is 1.94 bits per heavy atom. The molecule has 1 unspecified atom stereocenters. The maximum atomic E-state index is 12.1. The van der Waals surface area contributed by atoms with E-state index in [0.29, 0.717) is 22.9 Å². The molecule has 1 fully saturated rings.